The van der Waals surface area contributed by atoms with Gasteiger partial charge in [0.05, 0.1) is 19.3 Å². The summed E-state index contributed by atoms with van der Waals surface area (Å²) in [6, 6.07) is 10.1. The smallest absolute Gasteiger partial charge is 0.191 e. The van der Waals surface area contributed by atoms with Crippen LogP contribution >= 0.6 is 0 Å². The fourth-order valence-corrected chi connectivity index (χ4v) is 4.24. The molecule has 0 unspecified atom stereocenters. The van der Waals surface area contributed by atoms with E-state index in [1.165, 1.54) is 0 Å². The predicted octanol–water partition coefficient (Wildman–Crippen LogP) is 4.92. The summed E-state index contributed by atoms with van der Waals surface area (Å²) in [5.41, 5.74) is 3.11. The lowest BCUT2D eigenvalue weighted by Crippen LogP contribution is -2.41. The minimum Gasteiger partial charge on any atom is -0.497 e. The van der Waals surface area contributed by atoms with Crippen LogP contribution < -0.4 is 4.74 Å². The van der Waals surface area contributed by atoms with Crippen LogP contribution in [0.5, 0.6) is 5.75 Å². The summed E-state index contributed by atoms with van der Waals surface area (Å²) in [7, 11) is -0.0545. The minimum atomic E-state index is -1.73. The van der Waals surface area contributed by atoms with Gasteiger partial charge in [0.1, 0.15) is 17.8 Å². The van der Waals surface area contributed by atoms with Gasteiger partial charge in [-0.05, 0) is 55.2 Å². The number of aromatic nitrogens is 5. The summed E-state index contributed by atoms with van der Waals surface area (Å²) in [5.74, 6) is 1.67. The van der Waals surface area contributed by atoms with Gasteiger partial charge in [-0.15, -0.1) is 10.2 Å². The molecule has 31 heavy (non-hydrogen) atoms. The van der Waals surface area contributed by atoms with E-state index in [4.69, 9.17) is 14.3 Å². The van der Waals surface area contributed by atoms with Gasteiger partial charge in [0.2, 0.25) is 0 Å². The van der Waals surface area contributed by atoms with E-state index in [9.17, 15) is 0 Å². The van der Waals surface area contributed by atoms with Crippen molar-refractivity contribution in [3.8, 4) is 17.3 Å². The van der Waals surface area contributed by atoms with Crippen LogP contribution in [0.1, 0.15) is 38.4 Å². The molecule has 3 rings (SSSR count). The monoisotopic (exact) mass is 441 g/mol. The normalized spacial score (nSPS) is 12.4. The summed E-state index contributed by atoms with van der Waals surface area (Å²) >= 11 is 0. The van der Waals surface area contributed by atoms with E-state index in [2.05, 4.69) is 66.8 Å². The molecule has 0 N–H and O–H groups in total. The Kier molecular flexibility index (Phi) is 7.01. The Hall–Kier alpha value is -2.45. The zero-order valence-corrected chi connectivity index (χ0v) is 20.8. The zero-order chi connectivity index (χ0) is 22.6. The van der Waals surface area contributed by atoms with E-state index >= 15 is 0 Å². The fraction of sp³-hybridized carbons (Fsp3) is 0.522. The summed E-state index contributed by atoms with van der Waals surface area (Å²) < 4.78 is 15.7. The van der Waals surface area contributed by atoms with Gasteiger partial charge in [0.25, 0.3) is 0 Å². The van der Waals surface area contributed by atoms with Gasteiger partial charge in [-0.3, -0.25) is 4.68 Å². The predicted molar refractivity (Wildman–Crippen MR) is 126 cm³/mol. The Morgan fingerprint density at radius 1 is 1.10 bits per heavy atom. The first-order valence-corrected chi connectivity index (χ1v) is 13.7. The van der Waals surface area contributed by atoms with Crippen LogP contribution in [0.15, 0.2) is 36.7 Å². The van der Waals surface area contributed by atoms with Crippen molar-refractivity contribution in [2.24, 2.45) is 0 Å². The van der Waals surface area contributed by atoms with Crippen molar-refractivity contribution >= 4 is 8.32 Å². The molecule has 0 fully saturated rings. The Morgan fingerprint density at radius 3 is 2.45 bits per heavy atom. The van der Waals surface area contributed by atoms with E-state index in [1.807, 2.05) is 23.7 Å². The van der Waals surface area contributed by atoms with Crippen LogP contribution in [0, 0.1) is 6.92 Å². The van der Waals surface area contributed by atoms with Crippen molar-refractivity contribution in [1.82, 2.24) is 24.5 Å². The van der Waals surface area contributed by atoms with E-state index in [0.29, 0.717) is 6.54 Å². The number of aryl methyl sites for hydroxylation is 2. The van der Waals surface area contributed by atoms with Crippen LogP contribution in [-0.2, 0) is 17.5 Å². The zero-order valence-electron chi connectivity index (χ0n) is 19.8. The van der Waals surface area contributed by atoms with Crippen molar-refractivity contribution in [2.75, 3.05) is 13.7 Å². The molecular weight excluding hydrogens is 406 g/mol. The molecule has 0 aliphatic rings. The molecule has 0 saturated carbocycles. The van der Waals surface area contributed by atoms with E-state index < -0.39 is 8.32 Å². The Morgan fingerprint density at radius 2 is 1.81 bits per heavy atom. The van der Waals surface area contributed by atoms with E-state index in [0.717, 1.165) is 48.1 Å². The molecule has 0 amide bonds. The molecule has 2 heterocycles. The van der Waals surface area contributed by atoms with Crippen LogP contribution in [0.3, 0.4) is 0 Å². The standard InChI is InChI=1S/C23H35N5O2Si/c1-18-15-21(28(26-18)13-8-14-30-31(6,7)23(2,3)4)22-25-24-17-27(22)16-19-9-11-20(29-5)12-10-19/h9-12,15,17H,8,13-14,16H2,1-7H3. The van der Waals surface area contributed by atoms with Crippen molar-refractivity contribution < 1.29 is 9.16 Å². The van der Waals surface area contributed by atoms with Crippen molar-refractivity contribution in [3.63, 3.8) is 0 Å². The third-order valence-electron chi connectivity index (χ3n) is 6.04. The van der Waals surface area contributed by atoms with E-state index in [1.54, 1.807) is 13.4 Å². The molecule has 3 aromatic rings. The third kappa shape index (κ3) is 5.62. The number of rotatable bonds is 9. The largest absolute Gasteiger partial charge is 0.497 e. The summed E-state index contributed by atoms with van der Waals surface area (Å²) in [4.78, 5) is 0. The van der Waals surface area contributed by atoms with Gasteiger partial charge in [-0.25, -0.2) is 0 Å². The number of hydrogen-bond acceptors (Lipinski definition) is 5. The lowest BCUT2D eigenvalue weighted by molar-refractivity contribution is 0.273. The second-order valence-corrected chi connectivity index (χ2v) is 14.3. The number of benzene rings is 1. The lowest BCUT2D eigenvalue weighted by atomic mass is 10.2. The molecule has 168 valence electrons. The first-order valence-electron chi connectivity index (χ1n) is 10.8. The quantitative estimate of drug-likeness (QED) is 0.348. The van der Waals surface area contributed by atoms with Crippen LogP contribution in [0.25, 0.3) is 11.5 Å². The van der Waals surface area contributed by atoms with Crippen molar-refractivity contribution in [3.05, 3.63) is 47.9 Å². The molecule has 0 saturated heterocycles. The highest BCUT2D eigenvalue weighted by molar-refractivity contribution is 6.74. The summed E-state index contributed by atoms with van der Waals surface area (Å²) in [5, 5.41) is 13.5. The number of hydrogen-bond donors (Lipinski definition) is 0. The topological polar surface area (TPSA) is 67.0 Å². The van der Waals surface area contributed by atoms with Crippen LogP contribution in [0.2, 0.25) is 18.1 Å². The maximum absolute atomic E-state index is 6.33. The molecule has 0 atom stereocenters. The number of ether oxygens (including phenoxy) is 1. The molecule has 0 bridgehead atoms. The highest BCUT2D eigenvalue weighted by Gasteiger charge is 2.36. The van der Waals surface area contributed by atoms with Gasteiger partial charge in [-0.2, -0.15) is 5.10 Å². The van der Waals surface area contributed by atoms with Crippen LogP contribution in [-0.4, -0.2) is 46.6 Å². The molecular formula is C23H35N5O2Si. The first-order chi connectivity index (χ1) is 14.6. The van der Waals surface area contributed by atoms with Gasteiger partial charge >= 0.3 is 0 Å². The van der Waals surface area contributed by atoms with Crippen molar-refractivity contribution in [2.45, 2.75) is 65.3 Å². The lowest BCUT2D eigenvalue weighted by Gasteiger charge is -2.36. The van der Waals surface area contributed by atoms with Gasteiger partial charge < -0.3 is 13.7 Å². The summed E-state index contributed by atoms with van der Waals surface area (Å²) in [6.07, 6.45) is 2.68. The van der Waals surface area contributed by atoms with Gasteiger partial charge in [0.15, 0.2) is 14.1 Å². The second kappa shape index (κ2) is 9.36. The second-order valence-electron chi connectivity index (χ2n) is 9.49. The Labute approximate surface area is 186 Å². The third-order valence-corrected chi connectivity index (χ3v) is 10.6. The SMILES string of the molecule is COc1ccc(Cn2cnnc2-c2cc(C)nn2CCCO[Si](C)(C)C(C)(C)C)cc1. The highest BCUT2D eigenvalue weighted by atomic mass is 28.4. The fourth-order valence-electron chi connectivity index (χ4n) is 3.15. The molecule has 0 spiro atoms. The average molecular weight is 442 g/mol. The van der Waals surface area contributed by atoms with Gasteiger partial charge in [-0.1, -0.05) is 32.9 Å². The minimum absolute atomic E-state index is 0.221. The Balaban J connectivity index is 1.70. The maximum Gasteiger partial charge on any atom is 0.191 e. The highest BCUT2D eigenvalue weighted by Crippen LogP contribution is 2.36. The van der Waals surface area contributed by atoms with Crippen LogP contribution in [0.4, 0.5) is 0 Å². The molecule has 0 aliphatic carbocycles. The number of nitrogens with zero attached hydrogens (tertiary/aromatic N) is 5. The average Bonchev–Trinajstić information content (AvgIpc) is 3.30. The molecule has 8 heteroatoms. The first kappa shape index (κ1) is 23.2. The molecule has 0 radical (unpaired) electrons. The molecule has 7 nitrogen and oxygen atoms in total. The summed E-state index contributed by atoms with van der Waals surface area (Å²) in [6.45, 7) is 15.6. The Bertz CT molecular complexity index is 986. The molecule has 0 aliphatic heterocycles. The maximum atomic E-state index is 6.33. The van der Waals surface area contributed by atoms with E-state index in [-0.39, 0.29) is 5.04 Å². The van der Waals surface area contributed by atoms with Gasteiger partial charge in [0, 0.05) is 13.2 Å². The molecule has 1 aromatic carbocycles. The molecule has 2 aromatic heterocycles. The number of methoxy groups -OCH3 is 1. The van der Waals surface area contributed by atoms with Crippen molar-refractivity contribution in [1.29, 1.82) is 0 Å².